The molecule has 3 rings (SSSR count). The minimum Gasteiger partial charge on any atom is -0.446 e. The maximum Gasteiger partial charge on any atom is 0.417 e. The minimum atomic E-state index is -1.05. The van der Waals surface area contributed by atoms with E-state index in [1.165, 1.54) is 0 Å². The normalized spacial score (nSPS) is 18.4. The predicted octanol–water partition coefficient (Wildman–Crippen LogP) is 4.50. The standard InChI is InChI=1S/C20H20N4O3/c1-13-8-10-15(11-9-13)14(2)18(22-23-21)19(25)24-17(12-27-20(24)26)16-6-4-3-5-7-16/h3-11,14,17-18H,12H2,1-2H3/t14-,17+,18+/m1/s1. The van der Waals surface area contributed by atoms with E-state index in [2.05, 4.69) is 10.0 Å². The van der Waals surface area contributed by atoms with Crippen LogP contribution in [-0.2, 0) is 9.53 Å². The Labute approximate surface area is 157 Å². The van der Waals surface area contributed by atoms with E-state index in [4.69, 9.17) is 10.3 Å². The number of cyclic esters (lactones) is 1. The molecule has 2 aromatic carbocycles. The van der Waals surface area contributed by atoms with Crippen LogP contribution in [0.4, 0.5) is 4.79 Å². The monoisotopic (exact) mass is 364 g/mol. The number of carbonyl (C=O) groups is 2. The van der Waals surface area contributed by atoms with Crippen molar-refractivity contribution in [2.24, 2.45) is 5.11 Å². The van der Waals surface area contributed by atoms with Gasteiger partial charge in [0.2, 0.25) is 5.91 Å². The quantitative estimate of drug-likeness (QED) is 0.444. The Morgan fingerprint density at radius 3 is 2.52 bits per heavy atom. The summed E-state index contributed by atoms with van der Waals surface area (Å²) in [5, 5.41) is 3.71. The van der Waals surface area contributed by atoms with Gasteiger partial charge in [0, 0.05) is 4.91 Å². The summed E-state index contributed by atoms with van der Waals surface area (Å²) >= 11 is 0. The van der Waals surface area contributed by atoms with Crippen molar-refractivity contribution >= 4 is 12.0 Å². The summed E-state index contributed by atoms with van der Waals surface area (Å²) < 4.78 is 5.11. The number of benzene rings is 2. The Morgan fingerprint density at radius 2 is 1.89 bits per heavy atom. The van der Waals surface area contributed by atoms with Gasteiger partial charge in [0.25, 0.3) is 0 Å². The molecule has 0 bridgehead atoms. The van der Waals surface area contributed by atoms with Gasteiger partial charge in [0.15, 0.2) is 0 Å². The van der Waals surface area contributed by atoms with Crippen LogP contribution in [-0.4, -0.2) is 29.5 Å². The number of carbonyl (C=O) groups excluding carboxylic acids is 2. The van der Waals surface area contributed by atoms with Crippen molar-refractivity contribution in [3.8, 4) is 0 Å². The molecule has 2 aromatic rings. The summed E-state index contributed by atoms with van der Waals surface area (Å²) in [4.78, 5) is 29.3. The first kappa shape index (κ1) is 18.5. The number of imide groups is 1. The molecule has 1 aliphatic heterocycles. The lowest BCUT2D eigenvalue weighted by Crippen LogP contribution is -2.42. The molecule has 0 spiro atoms. The second kappa shape index (κ2) is 7.93. The molecule has 27 heavy (non-hydrogen) atoms. The van der Waals surface area contributed by atoms with Crippen LogP contribution in [0.25, 0.3) is 10.4 Å². The highest BCUT2D eigenvalue weighted by molar-refractivity contribution is 5.97. The van der Waals surface area contributed by atoms with Crippen LogP contribution in [0.15, 0.2) is 59.7 Å². The highest BCUT2D eigenvalue weighted by Crippen LogP contribution is 2.32. The van der Waals surface area contributed by atoms with Crippen molar-refractivity contribution in [1.82, 2.24) is 4.90 Å². The Morgan fingerprint density at radius 1 is 1.22 bits per heavy atom. The Kier molecular flexibility index (Phi) is 5.43. The third-order valence-electron chi connectivity index (χ3n) is 4.80. The van der Waals surface area contributed by atoms with E-state index >= 15 is 0 Å². The summed E-state index contributed by atoms with van der Waals surface area (Å²) in [6, 6.07) is 15.3. The third kappa shape index (κ3) is 3.78. The van der Waals surface area contributed by atoms with Gasteiger partial charge in [0.1, 0.15) is 18.7 Å². The number of hydrogen-bond acceptors (Lipinski definition) is 4. The van der Waals surface area contributed by atoms with E-state index in [0.717, 1.165) is 21.6 Å². The van der Waals surface area contributed by atoms with Gasteiger partial charge in [-0.15, -0.1) is 0 Å². The molecule has 2 amide bonds. The van der Waals surface area contributed by atoms with Crippen LogP contribution in [0, 0.1) is 6.92 Å². The number of aryl methyl sites for hydroxylation is 1. The van der Waals surface area contributed by atoms with E-state index in [1.807, 2.05) is 61.5 Å². The lowest BCUT2D eigenvalue weighted by atomic mass is 9.92. The fourth-order valence-electron chi connectivity index (χ4n) is 3.20. The number of rotatable bonds is 5. The van der Waals surface area contributed by atoms with Crippen LogP contribution < -0.4 is 0 Å². The van der Waals surface area contributed by atoms with Gasteiger partial charge < -0.3 is 4.74 Å². The molecule has 1 fully saturated rings. The summed E-state index contributed by atoms with van der Waals surface area (Å²) in [5.74, 6) is -0.948. The second-order valence-corrected chi connectivity index (χ2v) is 6.56. The average molecular weight is 364 g/mol. The molecular weight excluding hydrogens is 344 g/mol. The van der Waals surface area contributed by atoms with Crippen molar-refractivity contribution in [3.63, 3.8) is 0 Å². The van der Waals surface area contributed by atoms with Gasteiger partial charge in [-0.3, -0.25) is 4.79 Å². The summed E-state index contributed by atoms with van der Waals surface area (Å²) in [6.45, 7) is 3.85. The topological polar surface area (TPSA) is 95.4 Å². The Balaban J connectivity index is 1.92. The summed E-state index contributed by atoms with van der Waals surface area (Å²) in [6.07, 6.45) is -0.719. The molecule has 138 valence electrons. The van der Waals surface area contributed by atoms with Crippen LogP contribution in [0.1, 0.15) is 35.6 Å². The molecule has 0 radical (unpaired) electrons. The van der Waals surface area contributed by atoms with E-state index < -0.39 is 24.1 Å². The first-order valence-electron chi connectivity index (χ1n) is 8.68. The largest absolute Gasteiger partial charge is 0.446 e. The number of hydrogen-bond donors (Lipinski definition) is 0. The average Bonchev–Trinajstić information content (AvgIpc) is 3.08. The number of nitrogens with zero attached hydrogens (tertiary/aromatic N) is 4. The lowest BCUT2D eigenvalue weighted by molar-refractivity contribution is -0.131. The van der Waals surface area contributed by atoms with Crippen LogP contribution in [0.2, 0.25) is 0 Å². The second-order valence-electron chi connectivity index (χ2n) is 6.56. The van der Waals surface area contributed by atoms with Gasteiger partial charge >= 0.3 is 6.09 Å². The molecule has 0 N–H and O–H groups in total. The molecule has 0 unspecified atom stereocenters. The highest BCUT2D eigenvalue weighted by Gasteiger charge is 2.42. The number of azide groups is 1. The maximum atomic E-state index is 13.2. The fraction of sp³-hybridized carbons (Fsp3) is 0.300. The van der Waals surface area contributed by atoms with Gasteiger partial charge in [-0.1, -0.05) is 72.2 Å². The predicted molar refractivity (Wildman–Crippen MR) is 99.9 cm³/mol. The maximum absolute atomic E-state index is 13.2. The molecule has 7 nitrogen and oxygen atoms in total. The first-order valence-corrected chi connectivity index (χ1v) is 8.68. The summed E-state index contributed by atoms with van der Waals surface area (Å²) in [7, 11) is 0. The smallest absolute Gasteiger partial charge is 0.417 e. The zero-order valence-corrected chi connectivity index (χ0v) is 15.1. The van der Waals surface area contributed by atoms with E-state index in [1.54, 1.807) is 6.92 Å². The van der Waals surface area contributed by atoms with Crippen molar-refractivity contribution < 1.29 is 14.3 Å². The first-order chi connectivity index (χ1) is 13.0. The fourth-order valence-corrected chi connectivity index (χ4v) is 3.20. The zero-order valence-electron chi connectivity index (χ0n) is 15.1. The number of amides is 2. The Hall–Kier alpha value is -3.31. The summed E-state index contributed by atoms with van der Waals surface area (Å²) in [5.41, 5.74) is 11.7. The molecule has 0 aliphatic carbocycles. The van der Waals surface area contributed by atoms with Gasteiger partial charge in [-0.25, -0.2) is 9.69 Å². The molecule has 0 saturated carbocycles. The third-order valence-corrected chi connectivity index (χ3v) is 4.80. The van der Waals surface area contributed by atoms with Crippen LogP contribution in [0.5, 0.6) is 0 Å². The molecule has 1 aliphatic rings. The van der Waals surface area contributed by atoms with Gasteiger partial charge in [-0.05, 0) is 29.5 Å². The lowest BCUT2D eigenvalue weighted by Gasteiger charge is -2.26. The molecule has 3 atom stereocenters. The van der Waals surface area contributed by atoms with Gasteiger partial charge in [-0.2, -0.15) is 0 Å². The van der Waals surface area contributed by atoms with Gasteiger partial charge in [0.05, 0.1) is 0 Å². The van der Waals surface area contributed by atoms with Crippen molar-refractivity contribution in [2.45, 2.75) is 31.8 Å². The highest BCUT2D eigenvalue weighted by atomic mass is 16.6. The number of ether oxygens (including phenoxy) is 1. The minimum absolute atomic E-state index is 0.0798. The zero-order chi connectivity index (χ0) is 19.4. The van der Waals surface area contributed by atoms with Crippen LogP contribution >= 0.6 is 0 Å². The molecule has 1 heterocycles. The Bertz CT molecular complexity index is 876. The molecular formula is C20H20N4O3. The van der Waals surface area contributed by atoms with E-state index in [0.29, 0.717) is 0 Å². The SMILES string of the molecule is Cc1ccc([C@@H](C)[C@H](N=[N+]=[N-])C(=O)N2C(=O)OC[C@H]2c2ccccc2)cc1. The van der Waals surface area contributed by atoms with E-state index in [9.17, 15) is 9.59 Å². The van der Waals surface area contributed by atoms with Crippen molar-refractivity contribution in [2.75, 3.05) is 6.61 Å². The van der Waals surface area contributed by atoms with Crippen LogP contribution in [0.3, 0.4) is 0 Å². The molecule has 0 aromatic heterocycles. The molecule has 7 heteroatoms. The van der Waals surface area contributed by atoms with E-state index in [-0.39, 0.29) is 12.5 Å². The van der Waals surface area contributed by atoms with Crippen molar-refractivity contribution in [1.29, 1.82) is 0 Å². The molecule has 1 saturated heterocycles. The van der Waals surface area contributed by atoms with Crippen molar-refractivity contribution in [3.05, 3.63) is 81.7 Å².